The van der Waals surface area contributed by atoms with Crippen LogP contribution in [0.25, 0.3) is 10.4 Å². The number of primary amides is 2. The summed E-state index contributed by atoms with van der Waals surface area (Å²) in [6, 6.07) is 0.265. The van der Waals surface area contributed by atoms with Crippen LogP contribution >= 0.6 is 11.3 Å². The number of nitrogens with two attached hydrogens (primary N) is 2. The minimum atomic E-state index is -0.791. The zero-order chi connectivity index (χ0) is 20.1. The predicted molar refractivity (Wildman–Crippen MR) is 103 cm³/mol. The van der Waals surface area contributed by atoms with Gasteiger partial charge in [-0.3, -0.25) is 5.32 Å². The maximum Gasteiger partial charge on any atom is 0.341 e. The van der Waals surface area contributed by atoms with Crippen molar-refractivity contribution >= 4 is 34.4 Å². The third kappa shape index (κ3) is 4.74. The normalized spacial score (nSPS) is 16.9. The van der Waals surface area contributed by atoms with Crippen LogP contribution in [0.5, 0.6) is 0 Å². The Hall–Kier alpha value is -3.21. The van der Waals surface area contributed by atoms with Crippen LogP contribution in [0.2, 0.25) is 0 Å². The van der Waals surface area contributed by atoms with Crippen LogP contribution < -0.4 is 16.8 Å². The Morgan fingerprint density at radius 2 is 1.96 bits per heavy atom. The Bertz CT molecular complexity index is 872. The van der Waals surface area contributed by atoms with Gasteiger partial charge in [0.2, 0.25) is 0 Å². The van der Waals surface area contributed by atoms with Gasteiger partial charge in [0.1, 0.15) is 17.4 Å². The minimum Gasteiger partial charge on any atom is -0.457 e. The number of hydrogen-bond acceptors (Lipinski definition) is 7. The molecule has 0 radical (unpaired) electrons. The van der Waals surface area contributed by atoms with Gasteiger partial charge in [-0.1, -0.05) is 0 Å². The fourth-order valence-electron chi connectivity index (χ4n) is 2.93. The molecule has 5 N–H and O–H groups in total. The van der Waals surface area contributed by atoms with Gasteiger partial charge in [-0.15, -0.1) is 11.3 Å². The Kier molecular flexibility index (Phi) is 6.04. The number of amides is 4. The highest BCUT2D eigenvalue weighted by molar-refractivity contribution is 7.20. The van der Waals surface area contributed by atoms with Crippen molar-refractivity contribution in [3.63, 3.8) is 0 Å². The third-order valence-electron chi connectivity index (χ3n) is 4.25. The molecule has 2 aromatic heterocycles. The number of urea groups is 2. The molecule has 0 spiro atoms. The van der Waals surface area contributed by atoms with Crippen molar-refractivity contribution in [2.24, 2.45) is 11.5 Å². The molecular weight excluding hydrogens is 384 g/mol. The van der Waals surface area contributed by atoms with Crippen molar-refractivity contribution in [2.45, 2.75) is 25.4 Å². The quantitative estimate of drug-likeness (QED) is 0.660. The molecule has 1 unspecified atom stereocenters. The fourth-order valence-corrected chi connectivity index (χ4v) is 3.95. The molecule has 0 bridgehead atoms. The Balaban J connectivity index is 1.82. The summed E-state index contributed by atoms with van der Waals surface area (Å²) in [4.78, 5) is 45.6. The maximum absolute atomic E-state index is 12.8. The highest BCUT2D eigenvalue weighted by Crippen LogP contribution is 2.35. The van der Waals surface area contributed by atoms with Gasteiger partial charge < -0.3 is 21.1 Å². The van der Waals surface area contributed by atoms with Crippen LogP contribution in [0.1, 0.15) is 29.6 Å². The van der Waals surface area contributed by atoms with E-state index in [9.17, 15) is 14.4 Å². The SMILES string of the molecule is NC(=O)Nc1sc(-c2cncnc2)cc1C(=O)OC1CCCCN(C(N)=O)C1. The standard InChI is InChI=1S/C17H20N6O4S/c18-16(25)22-14-12(5-13(28-14)10-6-20-9-21-7-10)15(24)27-11-3-1-2-4-23(8-11)17(19)26/h5-7,9,11H,1-4,8H2,(H2,19,26)(H3,18,22,25). The first-order valence-corrected chi connectivity index (χ1v) is 9.46. The molecule has 11 heteroatoms. The number of likely N-dealkylation sites (tertiary alicyclic amines) is 1. The molecule has 1 fully saturated rings. The minimum absolute atomic E-state index is 0.178. The number of nitrogens with zero attached hydrogens (tertiary/aromatic N) is 3. The Morgan fingerprint density at radius 1 is 1.21 bits per heavy atom. The number of aromatic nitrogens is 2. The molecule has 10 nitrogen and oxygen atoms in total. The van der Waals surface area contributed by atoms with E-state index in [1.54, 1.807) is 18.5 Å². The highest BCUT2D eigenvalue weighted by atomic mass is 32.1. The average molecular weight is 404 g/mol. The van der Waals surface area contributed by atoms with Crippen LogP contribution in [0.15, 0.2) is 24.8 Å². The number of nitrogens with one attached hydrogen (secondary N) is 1. The lowest BCUT2D eigenvalue weighted by Crippen LogP contribution is -2.41. The van der Waals surface area contributed by atoms with E-state index in [0.29, 0.717) is 23.4 Å². The molecule has 0 aliphatic carbocycles. The summed E-state index contributed by atoms with van der Waals surface area (Å²) in [6.45, 7) is 0.775. The zero-order valence-electron chi connectivity index (χ0n) is 15.0. The molecule has 0 aromatic carbocycles. The number of carbonyl (C=O) groups is 3. The monoisotopic (exact) mass is 404 g/mol. The number of carbonyl (C=O) groups excluding carboxylic acids is 3. The smallest absolute Gasteiger partial charge is 0.341 e. The fraction of sp³-hybridized carbons (Fsp3) is 0.353. The van der Waals surface area contributed by atoms with Crippen molar-refractivity contribution in [3.05, 3.63) is 30.4 Å². The first-order chi connectivity index (χ1) is 13.4. The summed E-state index contributed by atoms with van der Waals surface area (Å²) >= 11 is 1.16. The number of ether oxygens (including phenoxy) is 1. The molecule has 1 aliphatic rings. The summed E-state index contributed by atoms with van der Waals surface area (Å²) in [5, 5.41) is 2.73. The lowest BCUT2D eigenvalue weighted by molar-refractivity contribution is 0.0242. The second-order valence-corrected chi connectivity index (χ2v) is 7.33. The second-order valence-electron chi connectivity index (χ2n) is 6.28. The van der Waals surface area contributed by atoms with Gasteiger partial charge in [-0.05, 0) is 25.3 Å². The Morgan fingerprint density at radius 3 is 2.64 bits per heavy atom. The highest BCUT2D eigenvalue weighted by Gasteiger charge is 2.26. The van der Waals surface area contributed by atoms with E-state index >= 15 is 0 Å². The van der Waals surface area contributed by atoms with E-state index in [2.05, 4.69) is 15.3 Å². The van der Waals surface area contributed by atoms with Crippen molar-refractivity contribution < 1.29 is 19.1 Å². The molecule has 28 heavy (non-hydrogen) atoms. The van der Waals surface area contributed by atoms with Gasteiger partial charge >= 0.3 is 18.0 Å². The summed E-state index contributed by atoms with van der Waals surface area (Å²) in [5.74, 6) is -0.612. The van der Waals surface area contributed by atoms with Crippen LogP contribution in [0.4, 0.5) is 14.6 Å². The molecular formula is C17H20N6O4S. The summed E-state index contributed by atoms with van der Waals surface area (Å²) in [6.07, 6.45) is 6.33. The third-order valence-corrected chi connectivity index (χ3v) is 5.35. The summed E-state index contributed by atoms with van der Waals surface area (Å²) < 4.78 is 5.60. The molecule has 1 aliphatic heterocycles. The molecule has 3 heterocycles. The molecule has 1 saturated heterocycles. The molecule has 2 aromatic rings. The van der Waals surface area contributed by atoms with Gasteiger partial charge in [-0.2, -0.15) is 0 Å². The molecule has 0 saturated carbocycles. The van der Waals surface area contributed by atoms with Crippen molar-refractivity contribution in [1.29, 1.82) is 0 Å². The van der Waals surface area contributed by atoms with Gasteiger partial charge in [0.25, 0.3) is 0 Å². The van der Waals surface area contributed by atoms with Crippen LogP contribution in [-0.2, 0) is 4.74 Å². The largest absolute Gasteiger partial charge is 0.457 e. The van der Waals surface area contributed by atoms with Crippen LogP contribution in [0.3, 0.4) is 0 Å². The zero-order valence-corrected chi connectivity index (χ0v) is 15.8. The molecule has 1 atom stereocenters. The van der Waals surface area contributed by atoms with E-state index in [1.807, 2.05) is 0 Å². The molecule has 148 valence electrons. The topological polar surface area (TPSA) is 154 Å². The van der Waals surface area contributed by atoms with E-state index in [1.165, 1.54) is 11.2 Å². The number of thiophene rings is 1. The van der Waals surface area contributed by atoms with Crippen LogP contribution in [-0.4, -0.2) is 52.1 Å². The van der Waals surface area contributed by atoms with Gasteiger partial charge in [-0.25, -0.2) is 24.4 Å². The number of rotatable bonds is 4. The van der Waals surface area contributed by atoms with Crippen molar-refractivity contribution in [1.82, 2.24) is 14.9 Å². The van der Waals surface area contributed by atoms with E-state index in [-0.39, 0.29) is 17.1 Å². The van der Waals surface area contributed by atoms with E-state index < -0.39 is 24.1 Å². The second kappa shape index (κ2) is 8.65. The van der Waals surface area contributed by atoms with Crippen molar-refractivity contribution in [2.75, 3.05) is 18.4 Å². The van der Waals surface area contributed by atoms with Gasteiger partial charge in [0.05, 0.1) is 12.1 Å². The van der Waals surface area contributed by atoms with Gasteiger partial charge in [0, 0.05) is 29.4 Å². The van der Waals surface area contributed by atoms with Crippen LogP contribution in [0, 0.1) is 0 Å². The summed E-state index contributed by atoms with van der Waals surface area (Å²) in [5.41, 5.74) is 11.4. The van der Waals surface area contributed by atoms with E-state index in [0.717, 1.165) is 24.2 Å². The number of esters is 1. The number of hydrogen-bond donors (Lipinski definition) is 3. The Labute approximate surface area is 164 Å². The predicted octanol–water partition coefficient (Wildman–Crippen LogP) is 1.79. The average Bonchev–Trinajstić information content (AvgIpc) is 2.92. The lowest BCUT2D eigenvalue weighted by atomic mass is 10.2. The first-order valence-electron chi connectivity index (χ1n) is 8.65. The van der Waals surface area contributed by atoms with E-state index in [4.69, 9.17) is 16.2 Å². The van der Waals surface area contributed by atoms with Gasteiger partial charge in [0.15, 0.2) is 0 Å². The van der Waals surface area contributed by atoms with Crippen molar-refractivity contribution in [3.8, 4) is 10.4 Å². The first kappa shape index (κ1) is 19.5. The molecule has 3 rings (SSSR count). The maximum atomic E-state index is 12.8. The molecule has 4 amide bonds. The lowest BCUT2D eigenvalue weighted by Gasteiger charge is -2.22. The number of anilines is 1. The summed E-state index contributed by atoms with van der Waals surface area (Å²) in [7, 11) is 0.